The Bertz CT molecular complexity index is 831. The van der Waals surface area contributed by atoms with Gasteiger partial charge >= 0.3 is 0 Å². The van der Waals surface area contributed by atoms with Crippen molar-refractivity contribution in [1.29, 1.82) is 0 Å². The summed E-state index contributed by atoms with van der Waals surface area (Å²) in [4.78, 5) is 13.5. The number of hydrogen-bond donors (Lipinski definition) is 0. The fourth-order valence-corrected chi connectivity index (χ4v) is 3.12. The molecule has 3 rings (SSSR count). The van der Waals surface area contributed by atoms with Crippen molar-refractivity contribution in [3.8, 4) is 5.75 Å². The molecule has 0 fully saturated rings. The van der Waals surface area contributed by atoms with Gasteiger partial charge in [-0.15, -0.1) is 11.3 Å². The molecule has 0 saturated carbocycles. The van der Waals surface area contributed by atoms with Crippen LogP contribution in [0.25, 0.3) is 10.2 Å². The van der Waals surface area contributed by atoms with E-state index in [1.165, 1.54) is 0 Å². The third-order valence-corrected chi connectivity index (χ3v) is 4.45. The Morgan fingerprint density at radius 1 is 1.21 bits per heavy atom. The molecule has 5 nitrogen and oxygen atoms in total. The molecular formula is C18H19N3O2S. The molecule has 0 radical (unpaired) electrons. The molecule has 0 aliphatic rings. The third kappa shape index (κ3) is 4.15. The number of pyridine rings is 1. The van der Waals surface area contributed by atoms with Crippen LogP contribution in [0.3, 0.4) is 0 Å². The zero-order valence-electron chi connectivity index (χ0n) is 13.7. The molecule has 6 heteroatoms. The van der Waals surface area contributed by atoms with Crippen LogP contribution in [0.4, 0.5) is 0 Å². The lowest BCUT2D eigenvalue weighted by atomic mass is 10.2. The molecule has 0 atom stereocenters. The molecule has 0 unspecified atom stereocenters. The smallest absolute Gasteiger partial charge is 0.120 e. The molecule has 3 aromatic rings. The molecule has 24 heavy (non-hydrogen) atoms. The van der Waals surface area contributed by atoms with Crippen LogP contribution < -0.4 is 4.74 Å². The Labute approximate surface area is 145 Å². The predicted octanol–water partition coefficient (Wildman–Crippen LogP) is 3.73. The van der Waals surface area contributed by atoms with Crippen molar-refractivity contribution in [1.82, 2.24) is 9.97 Å². The van der Waals surface area contributed by atoms with E-state index in [4.69, 9.17) is 9.47 Å². The number of hydrogen-bond acceptors (Lipinski definition) is 6. The minimum absolute atomic E-state index is 0.543. The maximum atomic E-state index is 5.64. The Morgan fingerprint density at radius 2 is 2.12 bits per heavy atom. The lowest BCUT2D eigenvalue weighted by molar-refractivity contribution is 0.146. The number of ether oxygens (including phenoxy) is 2. The van der Waals surface area contributed by atoms with Crippen molar-refractivity contribution in [2.45, 2.75) is 13.5 Å². The SMILES string of the molecule is COCCOc1ccc2nc(CN=C(C)c3ccccn3)sc2c1. The monoisotopic (exact) mass is 341 g/mol. The van der Waals surface area contributed by atoms with Crippen LogP contribution in [0, 0.1) is 0 Å². The zero-order chi connectivity index (χ0) is 16.8. The minimum Gasteiger partial charge on any atom is -0.491 e. The lowest BCUT2D eigenvalue weighted by Gasteiger charge is -2.04. The van der Waals surface area contributed by atoms with Gasteiger partial charge in [-0.1, -0.05) is 6.07 Å². The van der Waals surface area contributed by atoms with Gasteiger partial charge in [-0.2, -0.15) is 0 Å². The van der Waals surface area contributed by atoms with Crippen LogP contribution in [0.1, 0.15) is 17.6 Å². The highest BCUT2D eigenvalue weighted by Crippen LogP contribution is 2.27. The summed E-state index contributed by atoms with van der Waals surface area (Å²) in [5.74, 6) is 0.836. The molecule has 0 aliphatic heterocycles. The van der Waals surface area contributed by atoms with Gasteiger partial charge in [0.1, 0.15) is 17.4 Å². The average molecular weight is 341 g/mol. The second-order valence-electron chi connectivity index (χ2n) is 5.20. The normalized spacial score (nSPS) is 11.8. The molecule has 0 amide bonds. The molecule has 0 aliphatic carbocycles. The highest BCUT2D eigenvalue weighted by atomic mass is 32.1. The average Bonchev–Trinajstić information content (AvgIpc) is 3.03. The highest BCUT2D eigenvalue weighted by Gasteiger charge is 2.06. The maximum Gasteiger partial charge on any atom is 0.120 e. The van der Waals surface area contributed by atoms with Gasteiger partial charge in [-0.05, 0) is 37.3 Å². The summed E-state index contributed by atoms with van der Waals surface area (Å²) in [6.07, 6.45) is 1.77. The molecular weight excluding hydrogens is 322 g/mol. The molecule has 2 heterocycles. The van der Waals surface area contributed by atoms with Gasteiger partial charge in [0.25, 0.3) is 0 Å². The molecule has 0 saturated heterocycles. The number of rotatable bonds is 7. The lowest BCUT2D eigenvalue weighted by Crippen LogP contribution is -2.03. The van der Waals surface area contributed by atoms with Crippen molar-refractivity contribution in [3.05, 3.63) is 53.3 Å². The Balaban J connectivity index is 1.71. The van der Waals surface area contributed by atoms with Gasteiger partial charge in [0, 0.05) is 13.3 Å². The van der Waals surface area contributed by atoms with Gasteiger partial charge < -0.3 is 9.47 Å². The van der Waals surface area contributed by atoms with Crippen molar-refractivity contribution in [2.24, 2.45) is 4.99 Å². The van der Waals surface area contributed by atoms with Crippen LogP contribution in [0.15, 0.2) is 47.6 Å². The van der Waals surface area contributed by atoms with Crippen molar-refractivity contribution < 1.29 is 9.47 Å². The Kier molecular flexibility index (Phi) is 5.51. The maximum absolute atomic E-state index is 5.64. The first-order valence-corrected chi connectivity index (χ1v) is 8.51. The largest absolute Gasteiger partial charge is 0.491 e. The summed E-state index contributed by atoms with van der Waals surface area (Å²) in [6.45, 7) is 3.65. The zero-order valence-corrected chi connectivity index (χ0v) is 14.5. The second-order valence-corrected chi connectivity index (χ2v) is 6.31. The third-order valence-electron chi connectivity index (χ3n) is 3.45. The van der Waals surface area contributed by atoms with Crippen molar-refractivity contribution in [3.63, 3.8) is 0 Å². The van der Waals surface area contributed by atoms with Gasteiger partial charge in [0.05, 0.1) is 34.8 Å². The molecule has 0 N–H and O–H groups in total. The number of thiazole rings is 1. The van der Waals surface area contributed by atoms with Gasteiger partial charge in [-0.3, -0.25) is 9.98 Å². The van der Waals surface area contributed by atoms with E-state index >= 15 is 0 Å². The standard InChI is InChI=1S/C18H19N3O2S/c1-13(15-5-3-4-8-19-15)20-12-18-21-16-7-6-14(11-17(16)24-18)23-10-9-22-2/h3-8,11H,9-10,12H2,1-2H3. The number of aliphatic imine (C=N–C) groups is 1. The summed E-state index contributed by atoms with van der Waals surface area (Å²) in [5.41, 5.74) is 2.78. The van der Waals surface area contributed by atoms with Crippen LogP contribution >= 0.6 is 11.3 Å². The molecule has 124 valence electrons. The summed E-state index contributed by atoms with van der Waals surface area (Å²) in [7, 11) is 1.66. The number of nitrogens with zero attached hydrogens (tertiary/aromatic N) is 3. The number of aromatic nitrogens is 2. The summed E-state index contributed by atoms with van der Waals surface area (Å²) < 4.78 is 11.7. The molecule has 2 aromatic heterocycles. The fraction of sp³-hybridized carbons (Fsp3) is 0.278. The summed E-state index contributed by atoms with van der Waals surface area (Å²) in [6, 6.07) is 11.7. The summed E-state index contributed by atoms with van der Waals surface area (Å²) in [5, 5.41) is 0.981. The second kappa shape index (κ2) is 7.99. The first-order chi connectivity index (χ1) is 11.8. The molecule has 0 bridgehead atoms. The van der Waals surface area contributed by atoms with Crippen LogP contribution in [-0.4, -0.2) is 36.0 Å². The van der Waals surface area contributed by atoms with Crippen LogP contribution in [0.2, 0.25) is 0 Å². The number of fused-ring (bicyclic) bond motifs is 1. The summed E-state index contributed by atoms with van der Waals surface area (Å²) >= 11 is 1.64. The fourth-order valence-electron chi connectivity index (χ4n) is 2.20. The van der Waals surface area contributed by atoms with E-state index in [0.29, 0.717) is 19.8 Å². The van der Waals surface area contributed by atoms with Crippen LogP contribution in [-0.2, 0) is 11.3 Å². The van der Waals surface area contributed by atoms with Crippen molar-refractivity contribution >= 4 is 27.3 Å². The van der Waals surface area contributed by atoms with E-state index in [0.717, 1.165) is 32.4 Å². The molecule has 1 aromatic carbocycles. The van der Waals surface area contributed by atoms with Crippen LogP contribution in [0.5, 0.6) is 5.75 Å². The van der Waals surface area contributed by atoms with E-state index in [9.17, 15) is 0 Å². The van der Waals surface area contributed by atoms with E-state index in [1.807, 2.05) is 43.3 Å². The number of benzene rings is 1. The van der Waals surface area contributed by atoms with Gasteiger partial charge in [0.2, 0.25) is 0 Å². The predicted molar refractivity (Wildman–Crippen MR) is 97.1 cm³/mol. The Morgan fingerprint density at radius 3 is 2.92 bits per heavy atom. The quantitative estimate of drug-likeness (QED) is 0.485. The van der Waals surface area contributed by atoms with Gasteiger partial charge in [-0.25, -0.2) is 4.98 Å². The highest BCUT2D eigenvalue weighted by molar-refractivity contribution is 7.18. The molecule has 0 spiro atoms. The van der Waals surface area contributed by atoms with Crippen molar-refractivity contribution in [2.75, 3.05) is 20.3 Å². The Hall–Kier alpha value is -2.31. The number of methoxy groups -OCH3 is 1. The minimum atomic E-state index is 0.543. The van der Waals surface area contributed by atoms with E-state index in [2.05, 4.69) is 15.0 Å². The first-order valence-electron chi connectivity index (χ1n) is 7.70. The van der Waals surface area contributed by atoms with E-state index in [-0.39, 0.29) is 0 Å². The van der Waals surface area contributed by atoms with E-state index < -0.39 is 0 Å². The van der Waals surface area contributed by atoms with Gasteiger partial charge in [0.15, 0.2) is 0 Å². The van der Waals surface area contributed by atoms with E-state index in [1.54, 1.807) is 24.6 Å². The topological polar surface area (TPSA) is 56.6 Å². The first kappa shape index (κ1) is 16.5.